The molecule has 0 aliphatic heterocycles. The number of hydrogen-bond acceptors (Lipinski definition) is 4. The van der Waals surface area contributed by atoms with Crippen LogP contribution >= 0.6 is 24.0 Å². The van der Waals surface area contributed by atoms with Crippen molar-refractivity contribution in [2.75, 3.05) is 33.2 Å². The second kappa shape index (κ2) is 11.9. The first-order valence-electron chi connectivity index (χ1n) is 8.43. The molecule has 0 amide bonds. The lowest BCUT2D eigenvalue weighted by Crippen LogP contribution is -2.40. The molecular formula is C18H28IN5O. The monoisotopic (exact) mass is 457 g/mol. The van der Waals surface area contributed by atoms with Gasteiger partial charge in [0.15, 0.2) is 5.96 Å². The standard InChI is InChI=1S/C18H27N5O.HI/c1-4-19-18(20-11-12-23(3)5-2)21-13-16-14-24-17(22-16)15-9-7-6-8-10-15;/h6-10,14H,4-5,11-13H2,1-3H3,(H2,19,20,21);1H. The summed E-state index contributed by atoms with van der Waals surface area (Å²) in [6, 6.07) is 9.88. The summed E-state index contributed by atoms with van der Waals surface area (Å²) in [4.78, 5) is 11.3. The topological polar surface area (TPSA) is 65.7 Å². The average Bonchev–Trinajstić information content (AvgIpc) is 3.09. The van der Waals surface area contributed by atoms with Gasteiger partial charge in [-0.05, 0) is 32.6 Å². The van der Waals surface area contributed by atoms with Crippen LogP contribution in [0.2, 0.25) is 0 Å². The van der Waals surface area contributed by atoms with Crippen LogP contribution in [0.5, 0.6) is 0 Å². The molecule has 2 rings (SSSR count). The third-order valence-corrected chi connectivity index (χ3v) is 3.64. The molecule has 0 bridgehead atoms. The highest BCUT2D eigenvalue weighted by Crippen LogP contribution is 2.18. The molecule has 7 heteroatoms. The highest BCUT2D eigenvalue weighted by atomic mass is 127. The fraction of sp³-hybridized carbons (Fsp3) is 0.444. The Hall–Kier alpha value is -1.61. The van der Waals surface area contributed by atoms with E-state index in [-0.39, 0.29) is 24.0 Å². The average molecular weight is 457 g/mol. The fourth-order valence-electron chi connectivity index (χ4n) is 2.12. The van der Waals surface area contributed by atoms with E-state index in [0.717, 1.165) is 43.4 Å². The Morgan fingerprint density at radius 1 is 1.20 bits per heavy atom. The summed E-state index contributed by atoms with van der Waals surface area (Å²) in [6.45, 7) is 8.37. The third-order valence-electron chi connectivity index (χ3n) is 3.64. The number of nitrogens with zero attached hydrogens (tertiary/aromatic N) is 3. The highest BCUT2D eigenvalue weighted by molar-refractivity contribution is 14.0. The smallest absolute Gasteiger partial charge is 0.226 e. The SMILES string of the molecule is CCNC(=NCc1coc(-c2ccccc2)n1)NCCN(C)CC.I. The van der Waals surface area contributed by atoms with Gasteiger partial charge in [0.2, 0.25) is 5.89 Å². The van der Waals surface area contributed by atoms with Crippen LogP contribution in [0.3, 0.4) is 0 Å². The van der Waals surface area contributed by atoms with E-state index in [1.807, 2.05) is 30.3 Å². The number of hydrogen-bond donors (Lipinski definition) is 2. The second-order valence-electron chi connectivity index (χ2n) is 5.53. The molecule has 0 atom stereocenters. The van der Waals surface area contributed by atoms with Crippen molar-refractivity contribution in [1.82, 2.24) is 20.5 Å². The zero-order valence-corrected chi connectivity index (χ0v) is 17.5. The first-order valence-corrected chi connectivity index (χ1v) is 8.43. The van der Waals surface area contributed by atoms with Gasteiger partial charge in [-0.25, -0.2) is 9.98 Å². The van der Waals surface area contributed by atoms with Gasteiger partial charge in [-0.2, -0.15) is 0 Å². The fourth-order valence-corrected chi connectivity index (χ4v) is 2.12. The summed E-state index contributed by atoms with van der Waals surface area (Å²) >= 11 is 0. The summed E-state index contributed by atoms with van der Waals surface area (Å²) < 4.78 is 5.54. The van der Waals surface area contributed by atoms with Crippen LogP contribution in [-0.2, 0) is 6.54 Å². The maximum Gasteiger partial charge on any atom is 0.226 e. The number of aromatic nitrogens is 1. The minimum Gasteiger partial charge on any atom is -0.444 e. The summed E-state index contributed by atoms with van der Waals surface area (Å²) in [5, 5.41) is 6.58. The zero-order chi connectivity index (χ0) is 17.2. The van der Waals surface area contributed by atoms with Crippen molar-refractivity contribution < 1.29 is 4.42 Å². The Morgan fingerprint density at radius 2 is 1.96 bits per heavy atom. The third kappa shape index (κ3) is 7.43. The molecular weight excluding hydrogens is 429 g/mol. The van der Waals surface area contributed by atoms with Crippen molar-refractivity contribution in [2.24, 2.45) is 4.99 Å². The van der Waals surface area contributed by atoms with E-state index >= 15 is 0 Å². The Balaban J connectivity index is 0.00000312. The Labute approximate surface area is 167 Å². The molecule has 2 aromatic rings. The summed E-state index contributed by atoms with van der Waals surface area (Å²) in [6.07, 6.45) is 1.67. The van der Waals surface area contributed by atoms with Gasteiger partial charge in [-0.1, -0.05) is 25.1 Å². The van der Waals surface area contributed by atoms with Crippen LogP contribution in [0.25, 0.3) is 11.5 Å². The number of aliphatic imine (C=N–C) groups is 1. The molecule has 138 valence electrons. The number of oxazole rings is 1. The normalized spacial score (nSPS) is 11.3. The maximum absolute atomic E-state index is 5.54. The van der Waals surface area contributed by atoms with Gasteiger partial charge in [0.1, 0.15) is 12.0 Å². The van der Waals surface area contributed by atoms with Crippen molar-refractivity contribution in [3.05, 3.63) is 42.3 Å². The van der Waals surface area contributed by atoms with Gasteiger partial charge in [-0.15, -0.1) is 24.0 Å². The van der Waals surface area contributed by atoms with E-state index in [1.165, 1.54) is 0 Å². The van der Waals surface area contributed by atoms with E-state index in [4.69, 9.17) is 4.42 Å². The zero-order valence-electron chi connectivity index (χ0n) is 15.2. The Bertz CT molecular complexity index is 629. The molecule has 0 unspecified atom stereocenters. The summed E-state index contributed by atoms with van der Waals surface area (Å²) in [5.74, 6) is 1.43. The number of benzene rings is 1. The molecule has 2 N–H and O–H groups in total. The lowest BCUT2D eigenvalue weighted by molar-refractivity contribution is 0.357. The van der Waals surface area contributed by atoms with E-state index in [1.54, 1.807) is 6.26 Å². The molecule has 0 aliphatic carbocycles. The first kappa shape index (κ1) is 21.4. The molecule has 6 nitrogen and oxygen atoms in total. The van der Waals surface area contributed by atoms with Gasteiger partial charge >= 0.3 is 0 Å². The largest absolute Gasteiger partial charge is 0.444 e. The molecule has 25 heavy (non-hydrogen) atoms. The van der Waals surface area contributed by atoms with Crippen molar-refractivity contribution in [2.45, 2.75) is 20.4 Å². The van der Waals surface area contributed by atoms with E-state index in [0.29, 0.717) is 12.4 Å². The van der Waals surface area contributed by atoms with Crippen LogP contribution in [0.4, 0.5) is 0 Å². The first-order chi connectivity index (χ1) is 11.7. The lowest BCUT2D eigenvalue weighted by Gasteiger charge is -2.16. The van der Waals surface area contributed by atoms with Gasteiger partial charge in [0.25, 0.3) is 0 Å². The van der Waals surface area contributed by atoms with Crippen molar-refractivity contribution >= 4 is 29.9 Å². The molecule has 1 aromatic heterocycles. The van der Waals surface area contributed by atoms with Crippen LogP contribution < -0.4 is 10.6 Å². The summed E-state index contributed by atoms with van der Waals surface area (Å²) in [5.41, 5.74) is 1.79. The molecule has 0 radical (unpaired) electrons. The Kier molecular flexibility index (Phi) is 10.2. The minimum absolute atomic E-state index is 0. The molecule has 0 saturated carbocycles. The predicted molar refractivity (Wildman–Crippen MR) is 113 cm³/mol. The predicted octanol–water partition coefficient (Wildman–Crippen LogP) is 2.97. The van der Waals surface area contributed by atoms with E-state index < -0.39 is 0 Å². The molecule has 0 saturated heterocycles. The number of likely N-dealkylation sites (N-methyl/N-ethyl adjacent to an activating group) is 1. The number of rotatable bonds is 8. The Morgan fingerprint density at radius 3 is 2.64 bits per heavy atom. The summed E-state index contributed by atoms with van der Waals surface area (Å²) in [7, 11) is 2.10. The number of halogens is 1. The van der Waals surface area contributed by atoms with Crippen molar-refractivity contribution in [3.63, 3.8) is 0 Å². The molecule has 1 heterocycles. The van der Waals surface area contributed by atoms with Gasteiger partial charge in [-0.3, -0.25) is 0 Å². The number of guanidine groups is 1. The van der Waals surface area contributed by atoms with E-state index in [9.17, 15) is 0 Å². The molecule has 1 aromatic carbocycles. The maximum atomic E-state index is 5.54. The lowest BCUT2D eigenvalue weighted by atomic mass is 10.2. The molecule has 0 spiro atoms. The van der Waals surface area contributed by atoms with Crippen molar-refractivity contribution in [3.8, 4) is 11.5 Å². The van der Waals surface area contributed by atoms with E-state index in [2.05, 4.69) is 46.4 Å². The van der Waals surface area contributed by atoms with Crippen molar-refractivity contribution in [1.29, 1.82) is 0 Å². The second-order valence-corrected chi connectivity index (χ2v) is 5.53. The van der Waals surface area contributed by atoms with Crippen LogP contribution in [0.15, 0.2) is 46.0 Å². The number of nitrogens with one attached hydrogen (secondary N) is 2. The van der Waals surface area contributed by atoms with Gasteiger partial charge in [0, 0.05) is 25.2 Å². The highest BCUT2D eigenvalue weighted by Gasteiger charge is 2.06. The minimum atomic E-state index is 0. The molecule has 0 aliphatic rings. The van der Waals surface area contributed by atoms with Gasteiger partial charge in [0.05, 0.1) is 6.54 Å². The van der Waals surface area contributed by atoms with Crippen LogP contribution in [0.1, 0.15) is 19.5 Å². The van der Waals surface area contributed by atoms with Gasteiger partial charge < -0.3 is 20.0 Å². The van der Waals surface area contributed by atoms with Crippen LogP contribution in [0, 0.1) is 0 Å². The molecule has 0 fully saturated rings. The quantitative estimate of drug-likeness (QED) is 0.363. The van der Waals surface area contributed by atoms with Crippen LogP contribution in [-0.4, -0.2) is 49.1 Å².